The van der Waals surface area contributed by atoms with Crippen molar-refractivity contribution in [1.82, 2.24) is 5.32 Å². The Morgan fingerprint density at radius 2 is 1.52 bits per heavy atom. The van der Waals surface area contributed by atoms with Crippen LogP contribution in [-0.2, 0) is 17.8 Å². The van der Waals surface area contributed by atoms with E-state index < -0.39 is 11.7 Å². The van der Waals surface area contributed by atoms with Gasteiger partial charge in [-0.1, -0.05) is 67.2 Å². The van der Waals surface area contributed by atoms with E-state index in [0.29, 0.717) is 18.1 Å². The molecule has 0 radical (unpaired) electrons. The van der Waals surface area contributed by atoms with E-state index in [-0.39, 0.29) is 0 Å². The molecule has 0 unspecified atom stereocenters. The van der Waals surface area contributed by atoms with Gasteiger partial charge in [-0.25, -0.2) is 4.79 Å². The molecule has 27 heavy (non-hydrogen) atoms. The zero-order chi connectivity index (χ0) is 20.6. The van der Waals surface area contributed by atoms with Gasteiger partial charge in [-0.15, -0.1) is 0 Å². The van der Waals surface area contributed by atoms with Crippen molar-refractivity contribution < 1.29 is 9.53 Å². The third-order valence-electron chi connectivity index (χ3n) is 3.07. The number of carbonyl (C=O) groups excluding carboxylic acids is 1. The molecular formula is C19H22Br2Cl2N2O2. The molecule has 0 aliphatic carbocycles. The summed E-state index contributed by atoms with van der Waals surface area (Å²) < 4.78 is 7.01. The summed E-state index contributed by atoms with van der Waals surface area (Å²) in [6.45, 7) is 6.30. The van der Waals surface area contributed by atoms with Crippen molar-refractivity contribution in [2.75, 3.05) is 0 Å². The molecule has 4 nitrogen and oxygen atoms in total. The smallest absolute Gasteiger partial charge is 0.407 e. The topological polar surface area (TPSA) is 64.3 Å². The summed E-state index contributed by atoms with van der Waals surface area (Å²) in [6, 6.07) is 11.2. The molecule has 0 bridgehead atoms. The lowest BCUT2D eigenvalue weighted by molar-refractivity contribution is 0.0523. The third kappa shape index (κ3) is 9.81. The van der Waals surface area contributed by atoms with Crippen molar-refractivity contribution in [2.24, 2.45) is 5.73 Å². The number of benzene rings is 2. The molecule has 3 N–H and O–H groups in total. The Hall–Kier alpha value is -0.790. The van der Waals surface area contributed by atoms with Gasteiger partial charge in [0.1, 0.15) is 5.60 Å². The van der Waals surface area contributed by atoms with Gasteiger partial charge in [0, 0.05) is 32.1 Å². The lowest BCUT2D eigenvalue weighted by Crippen LogP contribution is -2.32. The van der Waals surface area contributed by atoms with E-state index in [9.17, 15) is 4.79 Å². The van der Waals surface area contributed by atoms with Crippen LogP contribution in [0.25, 0.3) is 0 Å². The van der Waals surface area contributed by atoms with Crippen LogP contribution in [0.2, 0.25) is 10.0 Å². The zero-order valence-corrected chi connectivity index (χ0v) is 20.0. The molecule has 1 amide bonds. The SMILES string of the molecule is CC(C)(C)OC(=O)NCc1ccc(Br)cc1Cl.NCc1ccc(Br)cc1Cl. The first-order chi connectivity index (χ1) is 12.5. The number of ether oxygens (including phenoxy) is 1. The standard InChI is InChI=1S/C12H15BrClNO2.C7H7BrClN/c1-12(2,3)17-11(16)15-7-8-4-5-9(13)6-10(8)14;8-6-2-1-5(4-10)7(9)3-6/h4-6H,7H2,1-3H3,(H,15,16);1-3H,4,10H2. The predicted molar refractivity (Wildman–Crippen MR) is 119 cm³/mol. The summed E-state index contributed by atoms with van der Waals surface area (Å²) in [5.41, 5.74) is 6.73. The number of carbonyl (C=O) groups is 1. The first-order valence-corrected chi connectivity index (χ1v) is 10.4. The van der Waals surface area contributed by atoms with Gasteiger partial charge in [-0.05, 0) is 56.2 Å². The molecule has 0 saturated heterocycles. The Morgan fingerprint density at radius 3 is 1.93 bits per heavy atom. The monoisotopic (exact) mass is 538 g/mol. The summed E-state index contributed by atoms with van der Waals surface area (Å²) >= 11 is 18.5. The lowest BCUT2D eigenvalue weighted by Gasteiger charge is -2.19. The number of nitrogens with one attached hydrogen (secondary N) is 1. The minimum atomic E-state index is -0.492. The number of amides is 1. The van der Waals surface area contributed by atoms with Gasteiger partial charge in [0.25, 0.3) is 0 Å². The van der Waals surface area contributed by atoms with Gasteiger partial charge in [-0.3, -0.25) is 0 Å². The summed E-state index contributed by atoms with van der Waals surface area (Å²) in [7, 11) is 0. The second-order valence-corrected chi connectivity index (χ2v) is 9.18. The highest BCUT2D eigenvalue weighted by molar-refractivity contribution is 9.10. The molecule has 0 aliphatic heterocycles. The number of halogens is 4. The summed E-state index contributed by atoms with van der Waals surface area (Å²) in [6.07, 6.45) is -0.448. The summed E-state index contributed by atoms with van der Waals surface area (Å²) in [5.74, 6) is 0. The molecule has 0 atom stereocenters. The minimum absolute atomic E-state index is 0.348. The van der Waals surface area contributed by atoms with Crippen molar-refractivity contribution in [1.29, 1.82) is 0 Å². The fourth-order valence-electron chi connectivity index (χ4n) is 1.83. The molecular weight excluding hydrogens is 519 g/mol. The molecule has 0 aromatic heterocycles. The van der Waals surface area contributed by atoms with Crippen LogP contribution in [0.4, 0.5) is 4.79 Å². The Balaban J connectivity index is 0.000000309. The normalized spacial score (nSPS) is 10.7. The third-order valence-corrected chi connectivity index (χ3v) is 4.76. The summed E-state index contributed by atoms with van der Waals surface area (Å²) in [4.78, 5) is 11.4. The Kier molecular flexibility index (Phi) is 10.1. The van der Waals surface area contributed by atoms with Crippen LogP contribution in [0.1, 0.15) is 31.9 Å². The number of nitrogens with two attached hydrogens (primary N) is 1. The molecule has 0 fully saturated rings. The van der Waals surface area contributed by atoms with E-state index >= 15 is 0 Å². The lowest BCUT2D eigenvalue weighted by atomic mass is 10.2. The molecule has 148 valence electrons. The van der Waals surface area contributed by atoms with E-state index in [0.717, 1.165) is 25.1 Å². The molecule has 2 aromatic rings. The largest absolute Gasteiger partial charge is 0.444 e. The fraction of sp³-hybridized carbons (Fsp3) is 0.316. The van der Waals surface area contributed by atoms with Crippen molar-refractivity contribution in [3.63, 3.8) is 0 Å². The Morgan fingerprint density at radius 1 is 1.04 bits per heavy atom. The molecule has 8 heteroatoms. The van der Waals surface area contributed by atoms with Crippen LogP contribution in [-0.4, -0.2) is 11.7 Å². The maximum Gasteiger partial charge on any atom is 0.407 e. The van der Waals surface area contributed by atoms with Crippen LogP contribution < -0.4 is 11.1 Å². The second-order valence-electron chi connectivity index (χ2n) is 6.53. The average molecular weight is 541 g/mol. The number of rotatable bonds is 3. The first-order valence-electron chi connectivity index (χ1n) is 8.06. The fourth-order valence-corrected chi connectivity index (χ4v) is 3.32. The van der Waals surface area contributed by atoms with E-state index in [1.807, 2.05) is 51.1 Å². The highest BCUT2D eigenvalue weighted by Crippen LogP contribution is 2.21. The highest BCUT2D eigenvalue weighted by Gasteiger charge is 2.15. The first kappa shape index (κ1) is 24.2. The zero-order valence-electron chi connectivity index (χ0n) is 15.3. The van der Waals surface area contributed by atoms with E-state index in [4.69, 9.17) is 33.7 Å². The van der Waals surface area contributed by atoms with Gasteiger partial charge in [-0.2, -0.15) is 0 Å². The Labute approximate surface area is 187 Å². The van der Waals surface area contributed by atoms with Crippen LogP contribution in [0, 0.1) is 0 Å². The quantitative estimate of drug-likeness (QED) is 0.456. The molecule has 0 aliphatic rings. The molecule has 2 rings (SSSR count). The van der Waals surface area contributed by atoms with Gasteiger partial charge >= 0.3 is 6.09 Å². The maximum absolute atomic E-state index is 11.4. The highest BCUT2D eigenvalue weighted by atomic mass is 79.9. The van der Waals surface area contributed by atoms with E-state index in [1.165, 1.54) is 0 Å². The van der Waals surface area contributed by atoms with Crippen molar-refractivity contribution in [2.45, 2.75) is 39.5 Å². The number of hydrogen-bond donors (Lipinski definition) is 2. The van der Waals surface area contributed by atoms with Crippen LogP contribution >= 0.6 is 55.1 Å². The van der Waals surface area contributed by atoms with Crippen molar-refractivity contribution >= 4 is 61.2 Å². The molecule has 2 aromatic carbocycles. The van der Waals surface area contributed by atoms with Gasteiger partial charge < -0.3 is 15.8 Å². The Bertz CT molecular complexity index is 781. The van der Waals surface area contributed by atoms with E-state index in [1.54, 1.807) is 6.07 Å². The van der Waals surface area contributed by atoms with Crippen molar-refractivity contribution in [3.8, 4) is 0 Å². The maximum atomic E-state index is 11.4. The van der Waals surface area contributed by atoms with E-state index in [2.05, 4.69) is 37.2 Å². The van der Waals surface area contributed by atoms with Crippen LogP contribution in [0.15, 0.2) is 45.3 Å². The van der Waals surface area contributed by atoms with Gasteiger partial charge in [0.15, 0.2) is 0 Å². The molecule has 0 heterocycles. The van der Waals surface area contributed by atoms with Gasteiger partial charge in [0.05, 0.1) is 0 Å². The number of alkyl carbamates (subject to hydrolysis) is 1. The van der Waals surface area contributed by atoms with Crippen LogP contribution in [0.3, 0.4) is 0 Å². The molecule has 0 spiro atoms. The minimum Gasteiger partial charge on any atom is -0.444 e. The van der Waals surface area contributed by atoms with Crippen molar-refractivity contribution in [3.05, 3.63) is 66.5 Å². The van der Waals surface area contributed by atoms with Crippen LogP contribution in [0.5, 0.6) is 0 Å². The predicted octanol–water partition coefficient (Wildman–Crippen LogP) is 6.69. The number of hydrogen-bond acceptors (Lipinski definition) is 3. The second kappa shape index (κ2) is 11.3. The summed E-state index contributed by atoms with van der Waals surface area (Å²) in [5, 5.41) is 3.98. The average Bonchev–Trinajstić information content (AvgIpc) is 2.53. The van der Waals surface area contributed by atoms with Gasteiger partial charge in [0.2, 0.25) is 0 Å². The molecule has 0 saturated carbocycles.